The van der Waals surface area contributed by atoms with E-state index in [2.05, 4.69) is 11.9 Å². The zero-order valence-electron chi connectivity index (χ0n) is 11.2. The van der Waals surface area contributed by atoms with Gasteiger partial charge in [-0.25, -0.2) is 0 Å². The Balaban J connectivity index is 2.18. The molecule has 0 fully saturated rings. The van der Waals surface area contributed by atoms with E-state index >= 15 is 0 Å². The molecule has 0 heterocycles. The topological polar surface area (TPSA) is 32.7 Å². The molecule has 0 unspecified atom stereocenters. The Hall–Kier alpha value is -0.480. The zero-order valence-corrected chi connectivity index (χ0v) is 12.8. The smallest absolute Gasteiger partial charge is 0.138 e. The molecule has 1 N–H and O–H groups in total. The zero-order chi connectivity index (χ0) is 14.1. The minimum Gasteiger partial charge on any atom is -0.491 e. The minimum absolute atomic E-state index is 0.280. The Morgan fingerprint density at radius 2 is 1.95 bits per heavy atom. The molecule has 1 aromatic carbocycles. The molecule has 0 spiro atoms. The van der Waals surface area contributed by atoms with E-state index in [4.69, 9.17) is 33.0 Å². The molecule has 1 aromatic rings. The van der Waals surface area contributed by atoms with Gasteiger partial charge in [0.1, 0.15) is 12.4 Å². The lowest BCUT2D eigenvalue weighted by Gasteiger charge is -2.17. The Labute approximate surface area is 125 Å². The van der Waals surface area contributed by atoms with Gasteiger partial charge in [0.05, 0.1) is 5.02 Å². The average Bonchev–Trinajstić information content (AvgIpc) is 2.37. The molecule has 0 saturated heterocycles. The monoisotopic (exact) mass is 305 g/mol. The number of ether oxygens (including phenoxy) is 1. The lowest BCUT2D eigenvalue weighted by molar-refractivity contribution is 0.230. The van der Waals surface area contributed by atoms with E-state index in [9.17, 15) is 0 Å². The molecule has 5 heteroatoms. The molecule has 0 saturated carbocycles. The Morgan fingerprint density at radius 1 is 1.16 bits per heavy atom. The number of hydrogen-bond donors (Lipinski definition) is 1. The van der Waals surface area contributed by atoms with Crippen LogP contribution < -0.4 is 4.74 Å². The van der Waals surface area contributed by atoms with Crippen LogP contribution in [0.4, 0.5) is 0 Å². The highest BCUT2D eigenvalue weighted by Crippen LogP contribution is 2.27. The second-order valence-corrected chi connectivity index (χ2v) is 5.35. The van der Waals surface area contributed by atoms with Crippen LogP contribution in [0, 0.1) is 0 Å². The molecule has 0 aliphatic heterocycles. The second kappa shape index (κ2) is 9.43. The lowest BCUT2D eigenvalue weighted by atomic mass is 10.2. The molecule has 108 valence electrons. The van der Waals surface area contributed by atoms with E-state index < -0.39 is 0 Å². The summed E-state index contributed by atoms with van der Waals surface area (Å²) >= 11 is 11.8. The Kier molecular flexibility index (Phi) is 8.22. The quantitative estimate of drug-likeness (QED) is 0.709. The van der Waals surface area contributed by atoms with Crippen molar-refractivity contribution in [1.29, 1.82) is 0 Å². The van der Waals surface area contributed by atoms with Gasteiger partial charge in [0.25, 0.3) is 0 Å². The highest BCUT2D eigenvalue weighted by atomic mass is 35.5. The van der Waals surface area contributed by atoms with Crippen LogP contribution in [-0.2, 0) is 0 Å². The molecule has 0 atom stereocenters. The van der Waals surface area contributed by atoms with E-state index in [-0.39, 0.29) is 6.61 Å². The van der Waals surface area contributed by atoms with E-state index in [1.54, 1.807) is 18.2 Å². The van der Waals surface area contributed by atoms with Crippen molar-refractivity contribution in [3.63, 3.8) is 0 Å². The fraction of sp³-hybridized carbons (Fsp3) is 0.571. The van der Waals surface area contributed by atoms with Crippen LogP contribution in [0.2, 0.25) is 10.0 Å². The van der Waals surface area contributed by atoms with Crippen LogP contribution in [0.25, 0.3) is 0 Å². The van der Waals surface area contributed by atoms with Gasteiger partial charge in [-0.2, -0.15) is 0 Å². The van der Waals surface area contributed by atoms with Crippen molar-refractivity contribution >= 4 is 23.2 Å². The Bertz CT molecular complexity index is 374. The van der Waals surface area contributed by atoms with Crippen molar-refractivity contribution in [2.45, 2.75) is 19.3 Å². The molecule has 19 heavy (non-hydrogen) atoms. The maximum absolute atomic E-state index is 8.69. The first-order valence-electron chi connectivity index (χ1n) is 6.50. The number of benzene rings is 1. The Morgan fingerprint density at radius 3 is 2.63 bits per heavy atom. The van der Waals surface area contributed by atoms with Crippen molar-refractivity contribution in [2.75, 3.05) is 33.4 Å². The molecule has 0 aliphatic rings. The fourth-order valence-corrected chi connectivity index (χ4v) is 2.15. The largest absolute Gasteiger partial charge is 0.491 e. The van der Waals surface area contributed by atoms with Gasteiger partial charge in [0, 0.05) is 18.2 Å². The van der Waals surface area contributed by atoms with Crippen LogP contribution in [-0.4, -0.2) is 43.4 Å². The normalized spacial score (nSPS) is 11.0. The summed E-state index contributed by atoms with van der Waals surface area (Å²) in [7, 11) is 2.06. The highest BCUT2D eigenvalue weighted by molar-refractivity contribution is 6.35. The summed E-state index contributed by atoms with van der Waals surface area (Å²) in [6.45, 7) is 2.73. The summed E-state index contributed by atoms with van der Waals surface area (Å²) in [4.78, 5) is 2.21. The van der Waals surface area contributed by atoms with Crippen LogP contribution in [0.5, 0.6) is 5.75 Å². The van der Waals surface area contributed by atoms with Gasteiger partial charge in [-0.15, -0.1) is 0 Å². The number of nitrogens with zero attached hydrogens (tertiary/aromatic N) is 1. The number of aliphatic hydroxyl groups is 1. The standard InChI is InChI=1S/C14H21Cl2NO2/c1-17(7-3-2-4-9-18)8-10-19-14-6-5-12(15)11-13(14)16/h5-6,11,18H,2-4,7-10H2,1H3. The molecule has 0 bridgehead atoms. The van der Waals surface area contributed by atoms with Gasteiger partial charge < -0.3 is 14.7 Å². The van der Waals surface area contributed by atoms with Crippen molar-refractivity contribution in [3.05, 3.63) is 28.2 Å². The molecular formula is C14H21Cl2NO2. The van der Waals surface area contributed by atoms with Gasteiger partial charge >= 0.3 is 0 Å². The van der Waals surface area contributed by atoms with Crippen molar-refractivity contribution in [1.82, 2.24) is 4.90 Å². The fourth-order valence-electron chi connectivity index (χ4n) is 1.69. The van der Waals surface area contributed by atoms with E-state index in [0.717, 1.165) is 32.4 Å². The lowest BCUT2D eigenvalue weighted by Crippen LogP contribution is -2.25. The van der Waals surface area contributed by atoms with Crippen LogP contribution in [0.15, 0.2) is 18.2 Å². The number of hydrogen-bond acceptors (Lipinski definition) is 3. The number of aliphatic hydroxyl groups excluding tert-OH is 1. The van der Waals surface area contributed by atoms with Crippen molar-refractivity contribution < 1.29 is 9.84 Å². The summed E-state index contributed by atoms with van der Waals surface area (Å²) in [6.07, 6.45) is 3.04. The average molecular weight is 306 g/mol. The van der Waals surface area contributed by atoms with Crippen LogP contribution in [0.1, 0.15) is 19.3 Å². The first-order valence-corrected chi connectivity index (χ1v) is 7.26. The highest BCUT2D eigenvalue weighted by Gasteiger charge is 2.03. The van der Waals surface area contributed by atoms with Crippen molar-refractivity contribution in [3.8, 4) is 5.75 Å². The predicted molar refractivity (Wildman–Crippen MR) is 80.4 cm³/mol. The third kappa shape index (κ3) is 7.02. The predicted octanol–water partition coefficient (Wildman–Crippen LogP) is 3.47. The molecule has 0 radical (unpaired) electrons. The van der Waals surface area contributed by atoms with Crippen LogP contribution >= 0.6 is 23.2 Å². The molecule has 1 rings (SSSR count). The van der Waals surface area contributed by atoms with Gasteiger partial charge in [-0.3, -0.25) is 0 Å². The first kappa shape index (κ1) is 16.6. The van der Waals surface area contributed by atoms with E-state index in [0.29, 0.717) is 22.4 Å². The third-order valence-corrected chi connectivity index (χ3v) is 3.35. The summed E-state index contributed by atoms with van der Waals surface area (Å²) in [5, 5.41) is 9.84. The molecule has 0 aliphatic carbocycles. The molecule has 0 amide bonds. The summed E-state index contributed by atoms with van der Waals surface area (Å²) in [5.74, 6) is 0.666. The number of halogens is 2. The number of rotatable bonds is 9. The molecular weight excluding hydrogens is 285 g/mol. The molecule has 3 nitrogen and oxygen atoms in total. The molecule has 0 aromatic heterocycles. The SMILES string of the molecule is CN(CCCCCO)CCOc1ccc(Cl)cc1Cl. The van der Waals surface area contributed by atoms with E-state index in [1.165, 1.54) is 0 Å². The summed E-state index contributed by atoms with van der Waals surface area (Å²) in [6, 6.07) is 5.23. The van der Waals surface area contributed by atoms with Gasteiger partial charge in [0.2, 0.25) is 0 Å². The van der Waals surface area contributed by atoms with E-state index in [1.807, 2.05) is 0 Å². The van der Waals surface area contributed by atoms with Gasteiger partial charge in [0.15, 0.2) is 0 Å². The summed E-state index contributed by atoms with van der Waals surface area (Å²) < 4.78 is 5.62. The number of likely N-dealkylation sites (N-methyl/N-ethyl adjacent to an activating group) is 1. The third-order valence-electron chi connectivity index (χ3n) is 2.82. The first-order chi connectivity index (χ1) is 9.13. The van der Waals surface area contributed by atoms with Gasteiger partial charge in [-0.05, 0) is 51.1 Å². The van der Waals surface area contributed by atoms with Gasteiger partial charge in [-0.1, -0.05) is 23.2 Å². The minimum atomic E-state index is 0.280. The van der Waals surface area contributed by atoms with Crippen LogP contribution in [0.3, 0.4) is 0 Å². The number of unbranched alkanes of at least 4 members (excludes halogenated alkanes) is 2. The maximum Gasteiger partial charge on any atom is 0.138 e. The maximum atomic E-state index is 8.69. The van der Waals surface area contributed by atoms with Crippen molar-refractivity contribution in [2.24, 2.45) is 0 Å². The second-order valence-electron chi connectivity index (χ2n) is 4.51. The summed E-state index contributed by atoms with van der Waals surface area (Å²) in [5.41, 5.74) is 0.